The molecule has 1 fully saturated rings. The highest BCUT2D eigenvalue weighted by Crippen LogP contribution is 2.44. The van der Waals surface area contributed by atoms with Crippen LogP contribution >= 0.6 is 0 Å². The molecule has 6 rings (SSSR count). The number of aromatic nitrogens is 2. The Balaban J connectivity index is 1.28. The van der Waals surface area contributed by atoms with Crippen LogP contribution in [-0.2, 0) is 9.59 Å². The second-order valence-corrected chi connectivity index (χ2v) is 9.43. The highest BCUT2D eigenvalue weighted by atomic mass is 16.5. The fourth-order valence-corrected chi connectivity index (χ4v) is 5.04. The fraction of sp³-hybridized carbons (Fsp3) is 0.333. The van der Waals surface area contributed by atoms with Gasteiger partial charge >= 0.3 is 0 Å². The molecule has 1 saturated heterocycles. The van der Waals surface area contributed by atoms with Crippen LogP contribution < -0.4 is 24.6 Å². The fourth-order valence-electron chi connectivity index (χ4n) is 5.04. The number of carbonyl (C=O) groups is 2. The second-order valence-electron chi connectivity index (χ2n) is 9.43. The largest absolute Gasteiger partial charge is 0.485 e. The third-order valence-corrected chi connectivity index (χ3v) is 6.89. The van der Waals surface area contributed by atoms with Crippen molar-refractivity contribution in [1.29, 1.82) is 0 Å². The minimum Gasteiger partial charge on any atom is -0.485 e. The summed E-state index contributed by atoms with van der Waals surface area (Å²) in [4.78, 5) is 36.9. The van der Waals surface area contributed by atoms with Gasteiger partial charge in [-0.15, -0.1) is 0 Å². The van der Waals surface area contributed by atoms with Crippen LogP contribution in [0.25, 0.3) is 11.1 Å². The Bertz CT molecular complexity index is 1410. The first-order valence-electron chi connectivity index (χ1n) is 12.4. The smallest absolute Gasteiger partial charge is 0.255 e. The van der Waals surface area contributed by atoms with Crippen LogP contribution in [0.2, 0.25) is 0 Å². The van der Waals surface area contributed by atoms with Crippen LogP contribution in [-0.4, -0.2) is 52.7 Å². The zero-order valence-electron chi connectivity index (χ0n) is 20.6. The van der Waals surface area contributed by atoms with E-state index in [4.69, 9.17) is 9.47 Å². The maximum atomic E-state index is 12.5. The minimum absolute atomic E-state index is 0.142. The van der Waals surface area contributed by atoms with Crippen molar-refractivity contribution in [1.82, 2.24) is 9.97 Å². The summed E-state index contributed by atoms with van der Waals surface area (Å²) in [5.41, 5.74) is 4.87. The van der Waals surface area contributed by atoms with E-state index in [9.17, 15) is 14.7 Å². The molecule has 1 aromatic carbocycles. The Morgan fingerprint density at radius 3 is 2.81 bits per heavy atom. The van der Waals surface area contributed by atoms with Gasteiger partial charge in [0.1, 0.15) is 36.1 Å². The van der Waals surface area contributed by atoms with E-state index in [1.54, 1.807) is 12.3 Å². The summed E-state index contributed by atoms with van der Waals surface area (Å²) >= 11 is 0. The van der Waals surface area contributed by atoms with Gasteiger partial charge in [0.15, 0.2) is 0 Å². The van der Waals surface area contributed by atoms with Crippen molar-refractivity contribution >= 4 is 34.7 Å². The number of hydrogen-bond donors (Lipinski definition) is 2. The summed E-state index contributed by atoms with van der Waals surface area (Å²) in [6.45, 7) is 4.80. The molecule has 2 atom stereocenters. The number of anilines is 4. The maximum Gasteiger partial charge on any atom is 0.255 e. The molecule has 0 radical (unpaired) electrons. The summed E-state index contributed by atoms with van der Waals surface area (Å²) in [6.07, 6.45) is 3.54. The maximum absolute atomic E-state index is 12.5. The van der Waals surface area contributed by atoms with Gasteiger partial charge in [-0.05, 0) is 44.5 Å². The molecule has 0 spiro atoms. The number of rotatable bonds is 4. The highest BCUT2D eigenvalue weighted by Gasteiger charge is 2.29. The first-order valence-corrected chi connectivity index (χ1v) is 12.4. The monoisotopic (exact) mass is 501 g/mol. The van der Waals surface area contributed by atoms with Crippen molar-refractivity contribution in [3.05, 3.63) is 48.3 Å². The van der Waals surface area contributed by atoms with Crippen LogP contribution in [0.4, 0.5) is 22.9 Å². The Hall–Kier alpha value is -4.18. The molecule has 3 aliphatic rings. The van der Waals surface area contributed by atoms with Gasteiger partial charge in [0.25, 0.3) is 5.91 Å². The molecule has 2 N–H and O–H groups in total. The number of fused-ring (bicyclic) bond motifs is 4. The molecule has 37 heavy (non-hydrogen) atoms. The van der Waals surface area contributed by atoms with Crippen molar-refractivity contribution < 1.29 is 24.2 Å². The van der Waals surface area contributed by atoms with E-state index in [0.29, 0.717) is 42.6 Å². The Labute approximate surface area is 213 Å². The molecule has 2 aromatic heterocycles. The van der Waals surface area contributed by atoms with E-state index >= 15 is 0 Å². The number of aliphatic hydroxyl groups excluding tert-OH is 1. The average molecular weight is 502 g/mol. The van der Waals surface area contributed by atoms with Gasteiger partial charge < -0.3 is 29.7 Å². The SMILES string of the molecule is CC(O)C(=O)N1CCOc2ncc(Nc3cc4c(cn3)-c3ccc(N5CCCC5=O)cc3OC4C)cc21. The Kier molecular flexibility index (Phi) is 5.68. The van der Waals surface area contributed by atoms with Gasteiger partial charge in [-0.3, -0.25) is 9.59 Å². The van der Waals surface area contributed by atoms with Gasteiger partial charge in [-0.25, -0.2) is 9.97 Å². The topological polar surface area (TPSA) is 117 Å². The predicted molar refractivity (Wildman–Crippen MR) is 137 cm³/mol. The molecular weight excluding hydrogens is 474 g/mol. The molecule has 2 amide bonds. The average Bonchev–Trinajstić information content (AvgIpc) is 3.33. The predicted octanol–water partition coefficient (Wildman–Crippen LogP) is 3.57. The first kappa shape index (κ1) is 23.2. The molecule has 5 heterocycles. The molecule has 3 aliphatic heterocycles. The standard InChI is InChI=1S/C27H27N5O5/c1-15(33)27(35)32-8-9-36-26-22(32)10-17(13-29-26)30-24-12-20-16(2)37-23-11-18(31-7-3-4-25(31)34)5-6-19(23)21(20)14-28-24/h5-6,10-16,33H,3-4,7-9H2,1-2H3,(H,28,30). The van der Waals surface area contributed by atoms with Crippen LogP contribution in [0.3, 0.4) is 0 Å². The summed E-state index contributed by atoms with van der Waals surface area (Å²) < 4.78 is 11.8. The molecule has 0 bridgehead atoms. The number of hydrogen-bond acceptors (Lipinski definition) is 8. The number of amides is 2. The van der Waals surface area contributed by atoms with Crippen LogP contribution in [0.5, 0.6) is 11.6 Å². The lowest BCUT2D eigenvalue weighted by Gasteiger charge is -2.30. The lowest BCUT2D eigenvalue weighted by molar-refractivity contribution is -0.126. The molecule has 0 saturated carbocycles. The van der Waals surface area contributed by atoms with E-state index in [-0.39, 0.29) is 12.0 Å². The molecule has 10 nitrogen and oxygen atoms in total. The van der Waals surface area contributed by atoms with E-state index in [0.717, 1.165) is 41.1 Å². The lowest BCUT2D eigenvalue weighted by atomic mass is 9.94. The lowest BCUT2D eigenvalue weighted by Crippen LogP contribution is -2.43. The van der Waals surface area contributed by atoms with Gasteiger partial charge in [0, 0.05) is 47.6 Å². The molecule has 0 aliphatic carbocycles. The van der Waals surface area contributed by atoms with Crippen molar-refractivity contribution in [2.24, 2.45) is 0 Å². The zero-order valence-corrected chi connectivity index (χ0v) is 20.6. The normalized spacial score (nSPS) is 18.8. The van der Waals surface area contributed by atoms with Crippen molar-refractivity contribution in [3.63, 3.8) is 0 Å². The summed E-state index contributed by atoms with van der Waals surface area (Å²) in [5.74, 6) is 1.42. The quantitative estimate of drug-likeness (QED) is 0.557. The third-order valence-electron chi connectivity index (χ3n) is 6.89. The molecule has 190 valence electrons. The number of carbonyl (C=O) groups excluding carboxylic acids is 2. The number of nitrogens with zero attached hydrogens (tertiary/aromatic N) is 4. The number of benzene rings is 1. The van der Waals surface area contributed by atoms with Crippen LogP contribution in [0.15, 0.2) is 42.7 Å². The van der Waals surface area contributed by atoms with Crippen LogP contribution in [0.1, 0.15) is 38.4 Å². The van der Waals surface area contributed by atoms with Crippen molar-refractivity contribution in [2.45, 2.75) is 38.9 Å². The third kappa shape index (κ3) is 4.13. The summed E-state index contributed by atoms with van der Waals surface area (Å²) in [5, 5.41) is 13.0. The summed E-state index contributed by atoms with van der Waals surface area (Å²) in [6, 6.07) is 9.58. The zero-order chi connectivity index (χ0) is 25.7. The van der Waals surface area contributed by atoms with Gasteiger partial charge in [0.05, 0.1) is 18.4 Å². The number of ether oxygens (including phenoxy) is 2. The van der Waals surface area contributed by atoms with E-state index < -0.39 is 12.0 Å². The second kappa shape index (κ2) is 9.04. The van der Waals surface area contributed by atoms with Crippen LogP contribution in [0, 0.1) is 0 Å². The van der Waals surface area contributed by atoms with Crippen molar-refractivity contribution in [2.75, 3.05) is 34.8 Å². The van der Waals surface area contributed by atoms with Gasteiger partial charge in [-0.1, -0.05) is 0 Å². The number of aliphatic hydroxyl groups is 1. The molecule has 3 aromatic rings. The molecular formula is C27H27N5O5. The van der Waals surface area contributed by atoms with Gasteiger partial charge in [0.2, 0.25) is 11.8 Å². The number of pyridine rings is 2. The molecule has 10 heteroatoms. The highest BCUT2D eigenvalue weighted by molar-refractivity contribution is 5.98. The number of nitrogens with one attached hydrogen (secondary N) is 1. The van der Waals surface area contributed by atoms with Gasteiger partial charge in [-0.2, -0.15) is 0 Å². The van der Waals surface area contributed by atoms with E-state index in [1.165, 1.54) is 11.8 Å². The Morgan fingerprint density at radius 1 is 1.16 bits per heavy atom. The Morgan fingerprint density at radius 2 is 2.03 bits per heavy atom. The molecule has 2 unspecified atom stereocenters. The van der Waals surface area contributed by atoms with Crippen molar-refractivity contribution in [3.8, 4) is 22.8 Å². The first-order chi connectivity index (χ1) is 17.9. The van der Waals surface area contributed by atoms with E-state index in [2.05, 4.69) is 15.3 Å². The summed E-state index contributed by atoms with van der Waals surface area (Å²) in [7, 11) is 0. The minimum atomic E-state index is -1.12. The van der Waals surface area contributed by atoms with E-state index in [1.807, 2.05) is 42.3 Å².